The largest absolute Gasteiger partial charge is 0.463 e. The summed E-state index contributed by atoms with van der Waals surface area (Å²) in [7, 11) is 0. The number of rotatable bonds is 7. The van der Waals surface area contributed by atoms with Crippen LogP contribution in [0.15, 0.2) is 21.3 Å². The van der Waals surface area contributed by atoms with Crippen LogP contribution in [-0.4, -0.2) is 61.2 Å². The van der Waals surface area contributed by atoms with Gasteiger partial charge in [0.15, 0.2) is 12.2 Å². The molecule has 1 aliphatic carbocycles. The molecule has 1 aliphatic heterocycles. The second kappa shape index (κ2) is 12.3. The number of carbonyl (C=O) groups is 4. The molecule has 0 unspecified atom stereocenters. The summed E-state index contributed by atoms with van der Waals surface area (Å²) in [5, 5.41) is 0.815. The van der Waals surface area contributed by atoms with Crippen LogP contribution in [0.25, 0.3) is 11.0 Å². The van der Waals surface area contributed by atoms with Crippen molar-refractivity contribution in [2.75, 3.05) is 6.61 Å². The number of ether oxygens (including phenoxy) is 6. The van der Waals surface area contributed by atoms with Gasteiger partial charge in [0, 0.05) is 44.7 Å². The fourth-order valence-corrected chi connectivity index (χ4v) is 5.15. The molecule has 0 radical (unpaired) electrons. The first-order chi connectivity index (χ1) is 18.9. The molecule has 40 heavy (non-hydrogen) atoms. The lowest BCUT2D eigenvalue weighted by Crippen LogP contribution is -2.63. The van der Waals surface area contributed by atoms with Crippen LogP contribution in [0.2, 0.25) is 5.02 Å². The maximum absolute atomic E-state index is 12.6. The summed E-state index contributed by atoms with van der Waals surface area (Å²) in [6.45, 7) is 4.12. The van der Waals surface area contributed by atoms with E-state index in [-0.39, 0.29) is 16.4 Å². The summed E-state index contributed by atoms with van der Waals surface area (Å²) in [6.07, 6.45) is -3.73. The lowest BCUT2D eigenvalue weighted by molar-refractivity contribution is -0.288. The quantitative estimate of drug-likeness (QED) is 0.269. The third-order valence-electron chi connectivity index (χ3n) is 6.47. The highest BCUT2D eigenvalue weighted by Gasteiger charge is 2.53. The van der Waals surface area contributed by atoms with E-state index in [4.69, 9.17) is 44.4 Å². The van der Waals surface area contributed by atoms with E-state index in [1.165, 1.54) is 13.0 Å². The van der Waals surface area contributed by atoms with Gasteiger partial charge >= 0.3 is 29.5 Å². The number of fused-ring (bicyclic) bond motifs is 3. The number of benzene rings is 1. The molecule has 1 saturated heterocycles. The fourth-order valence-electron chi connectivity index (χ4n) is 4.94. The second-order valence-electron chi connectivity index (χ2n) is 9.52. The molecule has 0 saturated carbocycles. The van der Waals surface area contributed by atoms with E-state index in [2.05, 4.69) is 0 Å². The summed E-state index contributed by atoms with van der Waals surface area (Å²) in [6, 6.07) is 3.03. The monoisotopic (exact) mass is 580 g/mol. The molecular weight excluding hydrogens is 552 g/mol. The molecule has 5 atom stereocenters. The Morgan fingerprint density at radius 3 is 2.08 bits per heavy atom. The Labute approximate surface area is 233 Å². The van der Waals surface area contributed by atoms with Gasteiger partial charge in [-0.2, -0.15) is 0 Å². The highest BCUT2D eigenvalue weighted by Crippen LogP contribution is 2.37. The van der Waals surface area contributed by atoms with Crippen molar-refractivity contribution >= 4 is 46.4 Å². The van der Waals surface area contributed by atoms with Crippen molar-refractivity contribution < 1.29 is 52.0 Å². The van der Waals surface area contributed by atoms with E-state index in [0.717, 1.165) is 39.2 Å². The molecule has 0 spiro atoms. The van der Waals surface area contributed by atoms with Crippen LogP contribution in [-0.2, 0) is 55.7 Å². The van der Waals surface area contributed by atoms with Crippen LogP contribution < -0.4 is 10.4 Å². The number of aryl methyl sites for hydroxylation is 1. The van der Waals surface area contributed by atoms with Crippen molar-refractivity contribution in [2.45, 2.75) is 84.1 Å². The lowest BCUT2D eigenvalue weighted by atomic mass is 9.90. The highest BCUT2D eigenvalue weighted by molar-refractivity contribution is 6.32. The number of hydrogen-bond donors (Lipinski definition) is 0. The Morgan fingerprint density at radius 2 is 1.45 bits per heavy atom. The minimum absolute atomic E-state index is 0.00831. The van der Waals surface area contributed by atoms with Gasteiger partial charge in [-0.15, -0.1) is 0 Å². The molecule has 0 N–H and O–H groups in total. The molecule has 4 rings (SSSR count). The Balaban J connectivity index is 1.76. The summed E-state index contributed by atoms with van der Waals surface area (Å²) in [5.74, 6) is -2.95. The molecule has 1 aromatic heterocycles. The number of halogens is 1. The standard InChI is InChI=1S/C27H29ClO12/c1-12(29)34-11-22-23(35-13(2)30)24(36-14(3)31)25(37-15(4)32)27(40-22)39-21-10-20-18(9-19(21)28)16-7-5-6-8-17(16)26(33)38-20/h9-10,22-25,27H,5-8,11H2,1-4H3/t22-,23+,24+,25-,27-/m0/s1. The molecule has 2 aromatic rings. The molecule has 2 heterocycles. The van der Waals surface area contributed by atoms with Gasteiger partial charge in [0.25, 0.3) is 0 Å². The molecule has 216 valence electrons. The molecule has 1 aromatic carbocycles. The maximum Gasteiger partial charge on any atom is 0.339 e. The van der Waals surface area contributed by atoms with E-state index < -0.39 is 66.8 Å². The summed E-state index contributed by atoms with van der Waals surface area (Å²) in [4.78, 5) is 60.1. The normalized spacial score (nSPS) is 24.0. The van der Waals surface area contributed by atoms with E-state index in [1.807, 2.05) is 0 Å². The number of hydrogen-bond acceptors (Lipinski definition) is 12. The van der Waals surface area contributed by atoms with Crippen LogP contribution in [0.4, 0.5) is 0 Å². The SMILES string of the molecule is CC(=O)OC[C@@H]1O[C@H](Oc2cc3oc(=O)c4c(c3cc2Cl)CCCC4)[C@@H](OC(C)=O)[C@H](OC(C)=O)[C@@H]1OC(C)=O. The fraction of sp³-hybridized carbons (Fsp3) is 0.519. The van der Waals surface area contributed by atoms with Crippen LogP contribution in [0.3, 0.4) is 0 Å². The second-order valence-corrected chi connectivity index (χ2v) is 9.93. The number of esters is 4. The van der Waals surface area contributed by atoms with Gasteiger partial charge in [0.05, 0.1) is 5.02 Å². The molecular formula is C27H29ClO12. The Kier molecular flexibility index (Phi) is 8.99. The van der Waals surface area contributed by atoms with Gasteiger partial charge in [0.2, 0.25) is 12.4 Å². The molecule has 2 aliphatic rings. The van der Waals surface area contributed by atoms with Gasteiger partial charge in [0.1, 0.15) is 24.0 Å². The summed E-state index contributed by atoms with van der Waals surface area (Å²) >= 11 is 6.58. The molecule has 0 amide bonds. The smallest absolute Gasteiger partial charge is 0.339 e. The Bertz CT molecular complexity index is 1380. The average Bonchev–Trinajstić information content (AvgIpc) is 2.87. The maximum atomic E-state index is 12.6. The zero-order valence-corrected chi connectivity index (χ0v) is 23.1. The first-order valence-electron chi connectivity index (χ1n) is 12.7. The van der Waals surface area contributed by atoms with Crippen LogP contribution in [0.1, 0.15) is 51.7 Å². The van der Waals surface area contributed by atoms with E-state index in [9.17, 15) is 24.0 Å². The van der Waals surface area contributed by atoms with E-state index >= 15 is 0 Å². The third-order valence-corrected chi connectivity index (χ3v) is 6.76. The average molecular weight is 581 g/mol. The Hall–Kier alpha value is -3.64. The van der Waals surface area contributed by atoms with Crippen molar-refractivity contribution in [2.24, 2.45) is 0 Å². The van der Waals surface area contributed by atoms with Gasteiger partial charge in [-0.1, -0.05) is 11.6 Å². The minimum atomic E-state index is -1.49. The minimum Gasteiger partial charge on any atom is -0.463 e. The van der Waals surface area contributed by atoms with Crippen molar-refractivity contribution in [3.8, 4) is 5.75 Å². The van der Waals surface area contributed by atoms with Gasteiger partial charge in [-0.3, -0.25) is 19.2 Å². The topological polar surface area (TPSA) is 154 Å². The van der Waals surface area contributed by atoms with Crippen molar-refractivity contribution in [1.29, 1.82) is 0 Å². The molecule has 1 fully saturated rings. The van der Waals surface area contributed by atoms with Gasteiger partial charge < -0.3 is 32.8 Å². The first-order valence-corrected chi connectivity index (χ1v) is 13.1. The number of carbonyl (C=O) groups excluding carboxylic acids is 4. The van der Waals surface area contributed by atoms with Gasteiger partial charge in [-0.25, -0.2) is 4.79 Å². The van der Waals surface area contributed by atoms with Crippen LogP contribution >= 0.6 is 11.6 Å². The van der Waals surface area contributed by atoms with E-state index in [1.54, 1.807) is 6.07 Å². The van der Waals surface area contributed by atoms with E-state index in [0.29, 0.717) is 23.8 Å². The molecule has 12 nitrogen and oxygen atoms in total. The zero-order valence-electron chi connectivity index (χ0n) is 22.4. The zero-order chi connectivity index (χ0) is 29.1. The van der Waals surface area contributed by atoms with Crippen LogP contribution in [0, 0.1) is 0 Å². The Morgan fingerprint density at radius 1 is 0.850 bits per heavy atom. The predicted molar refractivity (Wildman–Crippen MR) is 137 cm³/mol. The lowest BCUT2D eigenvalue weighted by Gasteiger charge is -2.44. The first kappa shape index (κ1) is 29.3. The van der Waals surface area contributed by atoms with Gasteiger partial charge in [-0.05, 0) is 37.3 Å². The summed E-state index contributed by atoms with van der Waals surface area (Å²) in [5.41, 5.74) is 1.29. The van der Waals surface area contributed by atoms with Crippen LogP contribution in [0.5, 0.6) is 5.75 Å². The predicted octanol–water partition coefficient (Wildman–Crippen LogP) is 2.79. The molecule has 0 bridgehead atoms. The van der Waals surface area contributed by atoms with Crippen molar-refractivity contribution in [3.63, 3.8) is 0 Å². The van der Waals surface area contributed by atoms with Crippen molar-refractivity contribution in [1.82, 2.24) is 0 Å². The molecule has 13 heteroatoms. The third kappa shape index (κ3) is 6.56. The summed E-state index contributed by atoms with van der Waals surface area (Å²) < 4.78 is 38.8. The highest BCUT2D eigenvalue weighted by atomic mass is 35.5. The van der Waals surface area contributed by atoms with Crippen molar-refractivity contribution in [3.05, 3.63) is 38.7 Å².